The zero-order chi connectivity index (χ0) is 12.1. The summed E-state index contributed by atoms with van der Waals surface area (Å²) in [5, 5.41) is 3.29. The smallest absolute Gasteiger partial charge is 0.320 e. The Morgan fingerprint density at radius 1 is 1.62 bits per heavy atom. The van der Waals surface area contributed by atoms with Gasteiger partial charge in [-0.3, -0.25) is 4.79 Å². The lowest BCUT2D eigenvalue weighted by atomic mass is 10.2. The molecule has 90 valence electrons. The maximum absolute atomic E-state index is 11.2. The van der Waals surface area contributed by atoms with E-state index in [0.29, 0.717) is 6.54 Å². The maximum atomic E-state index is 11.2. The summed E-state index contributed by atoms with van der Waals surface area (Å²) < 4.78 is 4.63. The molecule has 0 saturated heterocycles. The molecule has 16 heavy (non-hydrogen) atoms. The van der Waals surface area contributed by atoms with E-state index in [2.05, 4.69) is 52.0 Å². The molecule has 3 nitrogen and oxygen atoms in total. The van der Waals surface area contributed by atoms with Crippen molar-refractivity contribution in [2.24, 2.45) is 0 Å². The quantitative estimate of drug-likeness (QED) is 0.671. The molecule has 0 aliphatic rings. The fraction of sp³-hybridized carbons (Fsp3) is 0.545. The monoisotopic (exact) mass is 305 g/mol. The molecule has 5 heteroatoms. The van der Waals surface area contributed by atoms with Crippen LogP contribution in [-0.4, -0.2) is 24.5 Å². The molecule has 0 radical (unpaired) electrons. The van der Waals surface area contributed by atoms with Crippen molar-refractivity contribution in [1.82, 2.24) is 5.32 Å². The van der Waals surface area contributed by atoms with E-state index < -0.39 is 0 Å². The van der Waals surface area contributed by atoms with Gasteiger partial charge in [-0.05, 0) is 26.0 Å². The fourth-order valence-corrected chi connectivity index (χ4v) is 2.56. The molecule has 2 unspecified atom stereocenters. The van der Waals surface area contributed by atoms with Crippen molar-refractivity contribution < 1.29 is 9.53 Å². The number of thiophene rings is 1. The molecule has 2 atom stereocenters. The third kappa shape index (κ3) is 3.88. The highest BCUT2D eigenvalue weighted by molar-refractivity contribution is 9.10. The number of methoxy groups -OCH3 is 1. The summed E-state index contributed by atoms with van der Waals surface area (Å²) in [5.41, 5.74) is 0. The lowest BCUT2D eigenvalue weighted by molar-refractivity contribution is -0.139. The molecule has 0 aliphatic heterocycles. The van der Waals surface area contributed by atoms with E-state index in [1.54, 1.807) is 11.3 Å². The lowest BCUT2D eigenvalue weighted by Gasteiger charge is -2.14. The standard InChI is InChI=1S/C11H16BrNO2S/c1-7-4-5-10(16-7)8(2)13-6-9(12)11(14)15-3/h4-5,8-9,13H,6H2,1-3H3. The van der Waals surface area contributed by atoms with Gasteiger partial charge in [0.25, 0.3) is 0 Å². The Kier molecular flexibility index (Phi) is 5.44. The first-order valence-corrected chi connectivity index (χ1v) is 6.79. The lowest BCUT2D eigenvalue weighted by Crippen LogP contribution is -2.31. The summed E-state index contributed by atoms with van der Waals surface area (Å²) in [6, 6.07) is 4.46. The van der Waals surface area contributed by atoms with Gasteiger partial charge in [0.05, 0.1) is 7.11 Å². The topological polar surface area (TPSA) is 38.3 Å². The minimum atomic E-state index is -0.291. The van der Waals surface area contributed by atoms with E-state index >= 15 is 0 Å². The van der Waals surface area contributed by atoms with E-state index in [1.807, 2.05) is 0 Å². The summed E-state index contributed by atoms with van der Waals surface area (Å²) in [7, 11) is 1.39. The first-order valence-electron chi connectivity index (χ1n) is 5.06. The summed E-state index contributed by atoms with van der Waals surface area (Å²) in [5.74, 6) is -0.248. The number of aryl methyl sites for hydroxylation is 1. The Morgan fingerprint density at radius 3 is 2.81 bits per heavy atom. The van der Waals surface area contributed by atoms with Crippen LogP contribution in [0.25, 0.3) is 0 Å². The number of esters is 1. The van der Waals surface area contributed by atoms with Gasteiger partial charge in [0.2, 0.25) is 0 Å². The van der Waals surface area contributed by atoms with Crippen LogP contribution in [0.1, 0.15) is 22.7 Å². The molecule has 0 amide bonds. The largest absolute Gasteiger partial charge is 0.468 e. The molecule has 0 fully saturated rings. The minimum Gasteiger partial charge on any atom is -0.468 e. The third-order valence-corrected chi connectivity index (χ3v) is 4.13. The fourth-order valence-electron chi connectivity index (χ4n) is 1.28. The van der Waals surface area contributed by atoms with Crippen LogP contribution in [0.5, 0.6) is 0 Å². The molecule has 0 spiro atoms. The van der Waals surface area contributed by atoms with E-state index in [-0.39, 0.29) is 16.8 Å². The summed E-state index contributed by atoms with van der Waals surface area (Å²) in [6.07, 6.45) is 0. The van der Waals surface area contributed by atoms with Gasteiger partial charge < -0.3 is 10.1 Å². The van der Waals surface area contributed by atoms with Crippen LogP contribution in [0.4, 0.5) is 0 Å². The van der Waals surface area contributed by atoms with Crippen LogP contribution in [0, 0.1) is 6.92 Å². The molecule has 1 aromatic heterocycles. The number of ether oxygens (including phenoxy) is 1. The molecule has 0 aliphatic carbocycles. The average molecular weight is 306 g/mol. The van der Waals surface area contributed by atoms with Gasteiger partial charge >= 0.3 is 5.97 Å². The van der Waals surface area contributed by atoms with Crippen molar-refractivity contribution >= 4 is 33.2 Å². The predicted molar refractivity (Wildman–Crippen MR) is 70.2 cm³/mol. The maximum Gasteiger partial charge on any atom is 0.320 e. The van der Waals surface area contributed by atoms with E-state index in [0.717, 1.165) is 0 Å². The molecular formula is C11H16BrNO2S. The zero-order valence-electron chi connectivity index (χ0n) is 9.62. The van der Waals surface area contributed by atoms with E-state index in [4.69, 9.17) is 0 Å². The second kappa shape index (κ2) is 6.37. The van der Waals surface area contributed by atoms with Gasteiger partial charge in [0.1, 0.15) is 4.83 Å². The van der Waals surface area contributed by atoms with Gasteiger partial charge in [-0.2, -0.15) is 0 Å². The Labute approximate surface area is 108 Å². The van der Waals surface area contributed by atoms with Crippen molar-refractivity contribution in [2.45, 2.75) is 24.7 Å². The molecule has 1 rings (SSSR count). The molecule has 0 bridgehead atoms. The van der Waals surface area contributed by atoms with Crippen molar-refractivity contribution in [3.8, 4) is 0 Å². The van der Waals surface area contributed by atoms with Crippen LogP contribution in [0.2, 0.25) is 0 Å². The van der Waals surface area contributed by atoms with Crippen LogP contribution in [0.3, 0.4) is 0 Å². The highest BCUT2D eigenvalue weighted by atomic mass is 79.9. The first-order chi connectivity index (χ1) is 7.54. The first kappa shape index (κ1) is 13.7. The Balaban J connectivity index is 2.41. The summed E-state index contributed by atoms with van der Waals surface area (Å²) in [6.45, 7) is 4.73. The number of hydrogen-bond donors (Lipinski definition) is 1. The van der Waals surface area contributed by atoms with Crippen molar-refractivity contribution in [1.29, 1.82) is 0 Å². The number of carbonyl (C=O) groups excluding carboxylic acids is 1. The molecule has 0 aromatic carbocycles. The molecule has 1 N–H and O–H groups in total. The highest BCUT2D eigenvalue weighted by Crippen LogP contribution is 2.22. The normalized spacial score (nSPS) is 14.5. The van der Waals surface area contributed by atoms with Gasteiger partial charge in [0, 0.05) is 22.3 Å². The average Bonchev–Trinajstić information content (AvgIpc) is 2.71. The second-order valence-electron chi connectivity index (χ2n) is 3.57. The molecule has 1 heterocycles. The number of carbonyl (C=O) groups is 1. The number of nitrogens with one attached hydrogen (secondary N) is 1. The molecule has 1 aromatic rings. The zero-order valence-corrected chi connectivity index (χ0v) is 12.0. The summed E-state index contributed by atoms with van der Waals surface area (Å²) in [4.78, 5) is 13.4. The van der Waals surface area contributed by atoms with Crippen molar-refractivity contribution in [3.05, 3.63) is 21.9 Å². The van der Waals surface area contributed by atoms with Crippen LogP contribution in [-0.2, 0) is 9.53 Å². The molecule has 0 saturated carbocycles. The highest BCUT2D eigenvalue weighted by Gasteiger charge is 2.16. The Bertz CT molecular complexity index is 354. The van der Waals surface area contributed by atoms with Gasteiger partial charge in [0.15, 0.2) is 0 Å². The Hall–Kier alpha value is -0.390. The number of hydrogen-bond acceptors (Lipinski definition) is 4. The minimum absolute atomic E-state index is 0.248. The van der Waals surface area contributed by atoms with Gasteiger partial charge in [-0.1, -0.05) is 15.9 Å². The Morgan fingerprint density at radius 2 is 2.31 bits per heavy atom. The third-order valence-electron chi connectivity index (χ3n) is 2.25. The number of halogens is 1. The number of alkyl halides is 1. The molecular weight excluding hydrogens is 290 g/mol. The van der Waals surface area contributed by atoms with Crippen LogP contribution < -0.4 is 5.32 Å². The van der Waals surface area contributed by atoms with Gasteiger partial charge in [-0.15, -0.1) is 11.3 Å². The SMILES string of the molecule is COC(=O)C(Br)CNC(C)c1ccc(C)s1. The van der Waals surface area contributed by atoms with Crippen LogP contribution >= 0.6 is 27.3 Å². The number of rotatable bonds is 5. The van der Waals surface area contributed by atoms with Crippen molar-refractivity contribution in [3.63, 3.8) is 0 Å². The van der Waals surface area contributed by atoms with E-state index in [9.17, 15) is 4.79 Å². The summed E-state index contributed by atoms with van der Waals surface area (Å²) >= 11 is 5.04. The van der Waals surface area contributed by atoms with Gasteiger partial charge in [-0.25, -0.2) is 0 Å². The van der Waals surface area contributed by atoms with Crippen molar-refractivity contribution in [2.75, 3.05) is 13.7 Å². The second-order valence-corrected chi connectivity index (χ2v) is 5.99. The van der Waals surface area contributed by atoms with E-state index in [1.165, 1.54) is 16.9 Å². The van der Waals surface area contributed by atoms with Crippen LogP contribution in [0.15, 0.2) is 12.1 Å². The predicted octanol–water partition coefficient (Wildman–Crippen LogP) is 2.64.